The zero-order valence-electron chi connectivity index (χ0n) is 14.4. The molecule has 1 aromatic rings. The lowest BCUT2D eigenvalue weighted by Gasteiger charge is -2.38. The number of carbonyl (C=O) groups is 1. The van der Waals surface area contributed by atoms with Gasteiger partial charge in [-0.15, -0.1) is 0 Å². The van der Waals surface area contributed by atoms with Crippen LogP contribution < -0.4 is 0 Å². The number of hydrogen-bond donors (Lipinski definition) is 0. The summed E-state index contributed by atoms with van der Waals surface area (Å²) >= 11 is 0. The number of halogens is 1. The molecule has 2 rings (SSSR count). The van der Waals surface area contributed by atoms with Crippen LogP contribution in [0.3, 0.4) is 0 Å². The van der Waals surface area contributed by atoms with Crippen molar-refractivity contribution in [3.63, 3.8) is 0 Å². The molecule has 0 radical (unpaired) electrons. The summed E-state index contributed by atoms with van der Waals surface area (Å²) in [4.78, 5) is 13.8. The largest absolute Gasteiger partial charge is 0.444 e. The van der Waals surface area contributed by atoms with Gasteiger partial charge >= 0.3 is 6.09 Å². The van der Waals surface area contributed by atoms with E-state index in [-0.39, 0.29) is 11.9 Å². The summed E-state index contributed by atoms with van der Waals surface area (Å²) in [5.41, 5.74) is -0.161. The second kappa shape index (κ2) is 6.73. The van der Waals surface area contributed by atoms with Gasteiger partial charge in [-0.1, -0.05) is 37.3 Å². The van der Waals surface area contributed by atoms with Crippen molar-refractivity contribution in [1.82, 2.24) is 4.90 Å². The topological polar surface area (TPSA) is 29.5 Å². The molecule has 3 nitrogen and oxygen atoms in total. The summed E-state index contributed by atoms with van der Waals surface area (Å²) in [6, 6.07) is 9.48. The van der Waals surface area contributed by atoms with Gasteiger partial charge in [-0.3, -0.25) is 0 Å². The Morgan fingerprint density at radius 2 is 1.78 bits per heavy atom. The monoisotopic (exact) mass is 319 g/mol. The number of likely N-dealkylation sites (tertiary alicyclic amines) is 1. The first-order chi connectivity index (χ1) is 10.7. The summed E-state index contributed by atoms with van der Waals surface area (Å²) < 4.78 is 20.1. The number of benzene rings is 1. The fourth-order valence-electron chi connectivity index (χ4n) is 2.62. The van der Waals surface area contributed by atoms with Crippen LogP contribution in [0.4, 0.5) is 9.18 Å². The Balaban J connectivity index is 1.99. The second-order valence-electron chi connectivity index (χ2n) is 7.43. The molecular formula is C19H26FNO2. The molecule has 0 spiro atoms. The first-order valence-corrected chi connectivity index (χ1v) is 8.10. The van der Waals surface area contributed by atoms with E-state index in [1.807, 2.05) is 58.0 Å². The van der Waals surface area contributed by atoms with Gasteiger partial charge < -0.3 is 9.64 Å². The van der Waals surface area contributed by atoms with Crippen molar-refractivity contribution in [2.45, 2.75) is 46.1 Å². The van der Waals surface area contributed by atoms with Crippen LogP contribution in [0.25, 0.3) is 6.08 Å². The number of allylic oxidation sites excluding steroid dienone is 1. The number of nitrogens with zero attached hydrogens (tertiary/aromatic N) is 1. The van der Waals surface area contributed by atoms with Crippen molar-refractivity contribution in [3.05, 3.63) is 41.7 Å². The van der Waals surface area contributed by atoms with Gasteiger partial charge in [0.05, 0.1) is 0 Å². The van der Waals surface area contributed by atoms with Gasteiger partial charge in [0.25, 0.3) is 0 Å². The van der Waals surface area contributed by atoms with E-state index in [9.17, 15) is 9.18 Å². The molecule has 0 aliphatic carbocycles. The van der Waals surface area contributed by atoms with Crippen LogP contribution in [0.15, 0.2) is 36.2 Å². The van der Waals surface area contributed by atoms with Crippen LogP contribution in [0, 0.1) is 5.41 Å². The predicted octanol–water partition coefficient (Wildman–Crippen LogP) is 5.03. The van der Waals surface area contributed by atoms with E-state index in [0.717, 1.165) is 5.56 Å². The SMILES string of the molecule is CC(C)(C)OC(=O)N1CCC(C)(/C(F)=C/c2ccccc2)CC1. The average molecular weight is 319 g/mol. The van der Waals surface area contributed by atoms with E-state index >= 15 is 0 Å². The van der Waals surface area contributed by atoms with Crippen LogP contribution >= 0.6 is 0 Å². The van der Waals surface area contributed by atoms with Crippen LogP contribution in [0.5, 0.6) is 0 Å². The summed E-state index contributed by atoms with van der Waals surface area (Å²) in [7, 11) is 0. The minimum Gasteiger partial charge on any atom is -0.444 e. The lowest BCUT2D eigenvalue weighted by molar-refractivity contribution is 0.0133. The third kappa shape index (κ3) is 4.81. The van der Waals surface area contributed by atoms with Crippen molar-refractivity contribution in [1.29, 1.82) is 0 Å². The highest BCUT2D eigenvalue weighted by Gasteiger charge is 2.36. The number of amides is 1. The van der Waals surface area contributed by atoms with Gasteiger partial charge in [-0.25, -0.2) is 9.18 Å². The molecule has 0 aromatic heterocycles. The normalized spacial score (nSPS) is 18.7. The number of piperidine rings is 1. The summed E-state index contributed by atoms with van der Waals surface area (Å²) in [5, 5.41) is 0. The van der Waals surface area contributed by atoms with E-state index in [1.165, 1.54) is 0 Å². The molecule has 0 bridgehead atoms. The molecule has 1 heterocycles. The van der Waals surface area contributed by atoms with Crippen molar-refractivity contribution in [2.75, 3.05) is 13.1 Å². The van der Waals surface area contributed by atoms with Gasteiger partial charge in [-0.2, -0.15) is 0 Å². The molecule has 0 unspecified atom stereocenters. The lowest BCUT2D eigenvalue weighted by atomic mass is 9.78. The molecule has 126 valence electrons. The molecule has 1 amide bonds. The molecule has 1 aromatic carbocycles. The highest BCUT2D eigenvalue weighted by Crippen LogP contribution is 2.40. The third-order valence-electron chi connectivity index (χ3n) is 4.19. The molecule has 1 fully saturated rings. The first kappa shape index (κ1) is 17.5. The number of ether oxygens (including phenoxy) is 1. The third-order valence-corrected chi connectivity index (χ3v) is 4.19. The fraction of sp³-hybridized carbons (Fsp3) is 0.526. The highest BCUT2D eigenvalue weighted by atomic mass is 19.1. The van der Waals surface area contributed by atoms with Crippen LogP contribution in [-0.4, -0.2) is 29.7 Å². The molecular weight excluding hydrogens is 293 g/mol. The molecule has 23 heavy (non-hydrogen) atoms. The summed E-state index contributed by atoms with van der Waals surface area (Å²) in [6.07, 6.45) is 2.48. The standard InChI is InChI=1S/C19H26FNO2/c1-18(2,3)23-17(22)21-12-10-19(4,11-13-21)16(20)14-15-8-6-5-7-9-15/h5-9,14H,10-13H2,1-4H3/b16-14-. The molecule has 0 N–H and O–H groups in total. The zero-order chi connectivity index (χ0) is 17.1. The Labute approximate surface area is 138 Å². The predicted molar refractivity (Wildman–Crippen MR) is 90.7 cm³/mol. The highest BCUT2D eigenvalue weighted by molar-refractivity contribution is 5.68. The average Bonchev–Trinajstić information content (AvgIpc) is 2.47. The van der Waals surface area contributed by atoms with Gasteiger partial charge in [0.2, 0.25) is 0 Å². The van der Waals surface area contributed by atoms with Gasteiger partial charge in [-0.05, 0) is 45.3 Å². The number of carbonyl (C=O) groups excluding carboxylic acids is 1. The number of rotatable bonds is 2. The maximum atomic E-state index is 14.7. The first-order valence-electron chi connectivity index (χ1n) is 8.10. The van der Waals surface area contributed by atoms with E-state index in [2.05, 4.69) is 0 Å². The van der Waals surface area contributed by atoms with Crippen molar-refractivity contribution in [3.8, 4) is 0 Å². The Kier molecular flexibility index (Phi) is 5.12. The fourth-order valence-corrected chi connectivity index (χ4v) is 2.62. The number of hydrogen-bond acceptors (Lipinski definition) is 2. The van der Waals surface area contributed by atoms with Crippen LogP contribution in [-0.2, 0) is 4.74 Å². The summed E-state index contributed by atoms with van der Waals surface area (Å²) in [5.74, 6) is -0.118. The molecule has 1 aliphatic rings. The van der Waals surface area contributed by atoms with Crippen LogP contribution in [0.2, 0.25) is 0 Å². The van der Waals surface area contributed by atoms with E-state index < -0.39 is 11.0 Å². The molecule has 1 aliphatic heterocycles. The van der Waals surface area contributed by atoms with Gasteiger partial charge in [0.15, 0.2) is 0 Å². The molecule has 1 saturated heterocycles. The Hall–Kier alpha value is -1.84. The minimum atomic E-state index is -0.519. The van der Waals surface area contributed by atoms with Gasteiger partial charge in [0, 0.05) is 18.5 Å². The Morgan fingerprint density at radius 3 is 2.30 bits per heavy atom. The van der Waals surface area contributed by atoms with Crippen LogP contribution in [0.1, 0.15) is 46.1 Å². The van der Waals surface area contributed by atoms with Gasteiger partial charge in [0.1, 0.15) is 11.4 Å². The van der Waals surface area contributed by atoms with E-state index in [1.54, 1.807) is 11.0 Å². The Morgan fingerprint density at radius 1 is 1.22 bits per heavy atom. The van der Waals surface area contributed by atoms with Crippen molar-refractivity contribution < 1.29 is 13.9 Å². The van der Waals surface area contributed by atoms with Crippen molar-refractivity contribution in [2.24, 2.45) is 5.41 Å². The molecule has 0 atom stereocenters. The maximum Gasteiger partial charge on any atom is 0.410 e. The van der Waals surface area contributed by atoms with Crippen molar-refractivity contribution >= 4 is 12.2 Å². The summed E-state index contributed by atoms with van der Waals surface area (Å²) in [6.45, 7) is 8.50. The maximum absolute atomic E-state index is 14.7. The quantitative estimate of drug-likeness (QED) is 0.765. The minimum absolute atomic E-state index is 0.118. The Bertz CT molecular complexity index is 567. The van der Waals surface area contributed by atoms with E-state index in [4.69, 9.17) is 4.74 Å². The van der Waals surface area contributed by atoms with E-state index in [0.29, 0.717) is 25.9 Å². The molecule has 0 saturated carbocycles. The zero-order valence-corrected chi connectivity index (χ0v) is 14.4. The smallest absolute Gasteiger partial charge is 0.410 e. The molecule has 4 heteroatoms. The lowest BCUT2D eigenvalue weighted by Crippen LogP contribution is -2.44. The second-order valence-corrected chi connectivity index (χ2v) is 7.43.